The Hall–Kier alpha value is -1.33. The Balaban J connectivity index is 2.42. The van der Waals surface area contributed by atoms with E-state index < -0.39 is 0 Å². The van der Waals surface area contributed by atoms with E-state index in [9.17, 15) is 4.79 Å². The van der Waals surface area contributed by atoms with Crippen molar-refractivity contribution in [2.24, 2.45) is 0 Å². The Kier molecular flexibility index (Phi) is 3.03. The summed E-state index contributed by atoms with van der Waals surface area (Å²) in [6.45, 7) is 0. The van der Waals surface area contributed by atoms with Gasteiger partial charge in [-0.3, -0.25) is 0 Å². The number of benzene rings is 2. The van der Waals surface area contributed by atoms with Crippen LogP contribution in [0.15, 0.2) is 54.6 Å². The molecule has 0 saturated heterocycles. The third-order valence-corrected chi connectivity index (χ3v) is 3.00. The van der Waals surface area contributed by atoms with Gasteiger partial charge in [-0.1, -0.05) is 0 Å². The van der Waals surface area contributed by atoms with Crippen LogP contribution in [0, 0.1) is 0 Å². The van der Waals surface area contributed by atoms with Crippen LogP contribution < -0.4 is 4.35 Å². The normalized spacial score (nSPS) is 9.93. The van der Waals surface area contributed by atoms with Crippen molar-refractivity contribution in [2.75, 3.05) is 0 Å². The van der Waals surface area contributed by atoms with Gasteiger partial charge in [0.1, 0.15) is 0 Å². The molecule has 0 aromatic heterocycles. The maximum absolute atomic E-state index is 12.1. The molecule has 0 N–H and O–H groups in total. The molecule has 0 spiro atoms. The summed E-state index contributed by atoms with van der Waals surface area (Å²) >= 11 is 2.43. The van der Waals surface area contributed by atoms with E-state index in [1.807, 2.05) is 54.6 Å². The van der Waals surface area contributed by atoms with E-state index in [0.29, 0.717) is 0 Å². The van der Waals surface area contributed by atoms with Crippen molar-refractivity contribution in [1.82, 2.24) is 0 Å². The maximum atomic E-state index is 12.1. The van der Waals surface area contributed by atoms with Gasteiger partial charge in [-0.05, 0) is 0 Å². The van der Waals surface area contributed by atoms with Crippen molar-refractivity contribution < 1.29 is 4.79 Å². The van der Waals surface area contributed by atoms with E-state index in [1.54, 1.807) is 0 Å². The van der Waals surface area contributed by atoms with Crippen LogP contribution in [0.25, 0.3) is 0 Å². The summed E-state index contributed by atoms with van der Waals surface area (Å²) in [6.07, 6.45) is 0. The van der Waals surface area contributed by atoms with Gasteiger partial charge >= 0.3 is 97.5 Å². The van der Waals surface area contributed by atoms with Gasteiger partial charge in [0.2, 0.25) is 0 Å². The average Bonchev–Trinajstić information content (AvgIpc) is 2.30. The number of carbonyl (C=O) groups excluding carboxylic acids is 1. The second-order valence-corrected chi connectivity index (χ2v) is 4.22. The van der Waals surface area contributed by atoms with Crippen LogP contribution in [0.2, 0.25) is 0 Å². The Morgan fingerprint density at radius 2 is 1.47 bits per heavy atom. The monoisotopic (exact) mass is 256 g/mol. The van der Waals surface area contributed by atoms with E-state index in [1.165, 1.54) is 0 Å². The van der Waals surface area contributed by atoms with Gasteiger partial charge in [-0.15, -0.1) is 0 Å². The van der Waals surface area contributed by atoms with E-state index in [0.717, 1.165) is 15.5 Å². The number of hydrogen-bond donors (Lipinski definition) is 0. The van der Waals surface area contributed by atoms with Crippen LogP contribution in [0.4, 0.5) is 0 Å². The van der Waals surface area contributed by atoms with Gasteiger partial charge in [-0.25, -0.2) is 0 Å². The third kappa shape index (κ3) is 2.19. The molecule has 0 amide bonds. The molecule has 0 heterocycles. The van der Waals surface area contributed by atoms with Crippen LogP contribution in [0.5, 0.6) is 0 Å². The number of rotatable bonds is 2. The molecule has 2 rings (SSSR count). The van der Waals surface area contributed by atoms with Crippen molar-refractivity contribution in [1.29, 1.82) is 0 Å². The first-order valence-electron chi connectivity index (χ1n) is 4.67. The predicted octanol–water partition coefficient (Wildman–Crippen LogP) is 1.71. The molecule has 0 atom stereocenters. The average molecular weight is 256 g/mol. The van der Waals surface area contributed by atoms with Gasteiger partial charge in [-0.2, -0.15) is 0 Å². The molecule has 0 fully saturated rings. The standard InChI is InChI=1S/C13H9AsO/c14-12-9-5-4-8-11(12)13(15)10-6-2-1-3-7-10/h1-9H. The van der Waals surface area contributed by atoms with E-state index in [2.05, 4.69) is 16.9 Å². The zero-order valence-corrected chi connectivity index (χ0v) is 9.93. The van der Waals surface area contributed by atoms with Gasteiger partial charge in [0.25, 0.3) is 0 Å². The van der Waals surface area contributed by atoms with Crippen LogP contribution in [-0.2, 0) is 0 Å². The predicted molar refractivity (Wildman–Crippen MR) is 61.7 cm³/mol. The summed E-state index contributed by atoms with van der Waals surface area (Å²) in [5.41, 5.74) is 1.49. The molecule has 0 bridgehead atoms. The molecule has 72 valence electrons. The second kappa shape index (κ2) is 4.46. The zero-order chi connectivity index (χ0) is 10.7. The minimum absolute atomic E-state index is 0.0758. The van der Waals surface area contributed by atoms with Gasteiger partial charge in [0.05, 0.1) is 0 Å². The summed E-state index contributed by atoms with van der Waals surface area (Å²) in [4.78, 5) is 12.1. The fraction of sp³-hybridized carbons (Fsp3) is 0. The van der Waals surface area contributed by atoms with Crippen LogP contribution in [0.1, 0.15) is 15.9 Å². The van der Waals surface area contributed by atoms with Gasteiger partial charge in [0.15, 0.2) is 0 Å². The number of carbonyl (C=O) groups is 1. The molecule has 0 aliphatic rings. The molecule has 2 aromatic rings. The topological polar surface area (TPSA) is 17.1 Å². The number of ketones is 1. The van der Waals surface area contributed by atoms with Crippen molar-refractivity contribution in [2.45, 2.75) is 0 Å². The molecule has 2 aromatic carbocycles. The molecule has 1 nitrogen and oxygen atoms in total. The van der Waals surface area contributed by atoms with E-state index in [4.69, 9.17) is 0 Å². The fourth-order valence-electron chi connectivity index (χ4n) is 1.41. The summed E-state index contributed by atoms with van der Waals surface area (Å²) < 4.78 is 0.957. The van der Waals surface area contributed by atoms with Crippen molar-refractivity contribution in [3.63, 3.8) is 0 Å². The molecule has 2 heteroatoms. The molecular formula is C13H9AsO. The third-order valence-electron chi connectivity index (χ3n) is 2.18. The molecule has 2 radical (unpaired) electrons. The Labute approximate surface area is 97.6 Å². The van der Waals surface area contributed by atoms with Crippen LogP contribution in [-0.4, -0.2) is 22.6 Å². The summed E-state index contributed by atoms with van der Waals surface area (Å²) in [5, 5.41) is 0. The molecular weight excluding hydrogens is 247 g/mol. The Bertz CT molecular complexity index is 477. The first-order chi connectivity index (χ1) is 7.29. The van der Waals surface area contributed by atoms with Crippen molar-refractivity contribution >= 4 is 27.0 Å². The van der Waals surface area contributed by atoms with Crippen LogP contribution >= 0.6 is 0 Å². The first-order valence-corrected chi connectivity index (χ1v) is 5.60. The summed E-state index contributed by atoms with van der Waals surface area (Å²) in [5.74, 6) is 0.0758. The minimum atomic E-state index is 0.0758. The molecule has 0 saturated carbocycles. The van der Waals surface area contributed by atoms with E-state index in [-0.39, 0.29) is 5.78 Å². The molecule has 0 aliphatic heterocycles. The quantitative estimate of drug-likeness (QED) is 0.590. The zero-order valence-electron chi connectivity index (χ0n) is 8.05. The van der Waals surface area contributed by atoms with Gasteiger partial charge < -0.3 is 0 Å². The van der Waals surface area contributed by atoms with Crippen LogP contribution in [0.3, 0.4) is 0 Å². The fourth-order valence-corrected chi connectivity index (χ4v) is 1.96. The molecule has 0 unspecified atom stereocenters. The first kappa shape index (κ1) is 10.2. The number of hydrogen-bond acceptors (Lipinski definition) is 1. The Morgan fingerprint density at radius 1 is 0.867 bits per heavy atom. The molecule has 0 aliphatic carbocycles. The van der Waals surface area contributed by atoms with Crippen molar-refractivity contribution in [3.8, 4) is 0 Å². The Morgan fingerprint density at radius 3 is 2.13 bits per heavy atom. The van der Waals surface area contributed by atoms with E-state index >= 15 is 0 Å². The molecule has 15 heavy (non-hydrogen) atoms. The van der Waals surface area contributed by atoms with Gasteiger partial charge in [0, 0.05) is 0 Å². The summed E-state index contributed by atoms with van der Waals surface area (Å²) in [7, 11) is 0. The van der Waals surface area contributed by atoms with Crippen molar-refractivity contribution in [3.05, 3.63) is 65.7 Å². The second-order valence-electron chi connectivity index (χ2n) is 3.21. The SMILES string of the molecule is O=C(c1ccccc1)c1ccccc1[As]. The summed E-state index contributed by atoms with van der Waals surface area (Å²) in [6, 6.07) is 16.9.